The Labute approximate surface area is 193 Å². The molecule has 32 heavy (non-hydrogen) atoms. The van der Waals surface area contributed by atoms with E-state index in [1.54, 1.807) is 44.7 Å². The first-order chi connectivity index (χ1) is 15.5. The van der Waals surface area contributed by atoms with Crippen molar-refractivity contribution in [2.75, 3.05) is 43.3 Å². The summed E-state index contributed by atoms with van der Waals surface area (Å²) in [7, 11) is 3.20. The minimum absolute atomic E-state index is 0.249. The molecule has 1 fully saturated rings. The number of hydrogen-bond acceptors (Lipinski definition) is 6. The number of carbonyl (C=O) groups is 1. The van der Waals surface area contributed by atoms with Gasteiger partial charge in [-0.1, -0.05) is 23.7 Å². The smallest absolute Gasteiger partial charge is 0.257 e. The second-order valence-corrected chi connectivity index (χ2v) is 7.59. The number of rotatable bonds is 5. The molecule has 2 heterocycles. The van der Waals surface area contributed by atoms with Gasteiger partial charge in [0.1, 0.15) is 17.3 Å². The third kappa shape index (κ3) is 6.28. The molecule has 7 nitrogen and oxygen atoms in total. The highest BCUT2D eigenvalue weighted by atomic mass is 35.5. The van der Waals surface area contributed by atoms with Crippen LogP contribution in [0.2, 0.25) is 5.02 Å². The Morgan fingerprint density at radius 1 is 1.03 bits per heavy atom. The van der Waals surface area contributed by atoms with Crippen LogP contribution in [0.3, 0.4) is 0 Å². The van der Waals surface area contributed by atoms with Gasteiger partial charge in [-0.25, -0.2) is 4.98 Å². The first-order valence-electron chi connectivity index (χ1n) is 10.3. The fraction of sp³-hybridized carbons (Fsp3) is 0.250. The van der Waals surface area contributed by atoms with Gasteiger partial charge in [-0.3, -0.25) is 4.79 Å². The van der Waals surface area contributed by atoms with Crippen molar-refractivity contribution in [3.8, 4) is 11.5 Å². The molecule has 168 valence electrons. The number of methoxy groups -OCH3 is 2. The van der Waals surface area contributed by atoms with Gasteiger partial charge < -0.3 is 25.4 Å². The predicted molar refractivity (Wildman–Crippen MR) is 129 cm³/mol. The Balaban J connectivity index is 0.000000269. The van der Waals surface area contributed by atoms with E-state index in [9.17, 15) is 4.79 Å². The minimum atomic E-state index is -0.249. The highest BCUT2D eigenvalue weighted by Gasteiger charge is 2.18. The average molecular weight is 455 g/mol. The second kappa shape index (κ2) is 11.2. The van der Waals surface area contributed by atoms with Crippen molar-refractivity contribution in [2.24, 2.45) is 0 Å². The molecule has 0 spiro atoms. The lowest BCUT2D eigenvalue weighted by atomic mass is 10.2. The van der Waals surface area contributed by atoms with Crippen LogP contribution < -0.4 is 25.4 Å². The van der Waals surface area contributed by atoms with E-state index in [0.717, 1.165) is 43.2 Å². The van der Waals surface area contributed by atoms with Crippen molar-refractivity contribution in [1.82, 2.24) is 4.98 Å². The van der Waals surface area contributed by atoms with Crippen molar-refractivity contribution >= 4 is 34.7 Å². The van der Waals surface area contributed by atoms with Crippen molar-refractivity contribution in [1.29, 1.82) is 0 Å². The average Bonchev–Trinajstić information content (AvgIpc) is 3.34. The highest BCUT2D eigenvalue weighted by molar-refractivity contribution is 6.33. The molecule has 0 aliphatic carbocycles. The van der Waals surface area contributed by atoms with Gasteiger partial charge in [0.2, 0.25) is 0 Å². The summed E-state index contributed by atoms with van der Waals surface area (Å²) >= 11 is 6.30. The van der Waals surface area contributed by atoms with E-state index in [1.807, 2.05) is 30.3 Å². The zero-order chi connectivity index (χ0) is 22.9. The van der Waals surface area contributed by atoms with E-state index in [2.05, 4.69) is 15.2 Å². The number of aromatic nitrogens is 1. The summed E-state index contributed by atoms with van der Waals surface area (Å²) < 4.78 is 10.1. The summed E-state index contributed by atoms with van der Waals surface area (Å²) in [6, 6.07) is 16.2. The zero-order valence-electron chi connectivity index (χ0n) is 18.2. The molecule has 3 aromatic rings. The number of halogens is 1. The van der Waals surface area contributed by atoms with Gasteiger partial charge in [0.05, 0.1) is 24.8 Å². The maximum Gasteiger partial charge on any atom is 0.257 e. The number of nitrogens with one attached hydrogen (secondary N) is 1. The standard InChI is InChI=1S/C17H18ClN3O2.C7H9NO/c1-23-14-6-4-5-13(10-14)20-17(22)12-9-15(18)16(19-11-12)21-7-2-3-8-21;1-9-7-4-2-3-6(8)5-7/h4-6,9-11H,2-3,7-8H2,1H3,(H,20,22);2-5H,8H2,1H3. The fourth-order valence-corrected chi connectivity index (χ4v) is 3.55. The van der Waals surface area contributed by atoms with Crippen LogP contribution in [-0.2, 0) is 0 Å². The third-order valence-corrected chi connectivity index (χ3v) is 5.19. The van der Waals surface area contributed by atoms with Crippen molar-refractivity contribution in [3.63, 3.8) is 0 Å². The van der Waals surface area contributed by atoms with Crippen LogP contribution in [-0.4, -0.2) is 38.2 Å². The number of hydrogen-bond donors (Lipinski definition) is 2. The molecular formula is C24H27ClN4O3. The second-order valence-electron chi connectivity index (χ2n) is 7.19. The Hall–Kier alpha value is -3.45. The number of amides is 1. The maximum atomic E-state index is 12.3. The van der Waals surface area contributed by atoms with Crippen LogP contribution in [0, 0.1) is 0 Å². The molecule has 4 rings (SSSR count). The predicted octanol–water partition coefficient (Wildman–Crippen LogP) is 4.87. The number of anilines is 3. The van der Waals surface area contributed by atoms with Gasteiger partial charge in [-0.15, -0.1) is 0 Å². The Morgan fingerprint density at radius 3 is 2.28 bits per heavy atom. The number of pyridine rings is 1. The molecule has 1 aromatic heterocycles. The highest BCUT2D eigenvalue weighted by Crippen LogP contribution is 2.27. The Morgan fingerprint density at radius 2 is 1.69 bits per heavy atom. The summed E-state index contributed by atoms with van der Waals surface area (Å²) in [5.41, 5.74) is 7.28. The van der Waals surface area contributed by atoms with Gasteiger partial charge in [-0.2, -0.15) is 0 Å². The molecule has 1 aliphatic heterocycles. The van der Waals surface area contributed by atoms with Gasteiger partial charge in [0, 0.05) is 42.8 Å². The molecule has 1 aliphatic rings. The van der Waals surface area contributed by atoms with Crippen molar-refractivity contribution in [3.05, 3.63) is 71.4 Å². The largest absolute Gasteiger partial charge is 0.497 e. The Bertz CT molecular complexity index is 1050. The topological polar surface area (TPSA) is 89.7 Å². The number of ether oxygens (including phenoxy) is 2. The van der Waals surface area contributed by atoms with Gasteiger partial charge in [-0.05, 0) is 43.2 Å². The quantitative estimate of drug-likeness (QED) is 0.534. The molecule has 8 heteroatoms. The lowest BCUT2D eigenvalue weighted by molar-refractivity contribution is 0.102. The van der Waals surface area contributed by atoms with E-state index in [4.69, 9.17) is 26.8 Å². The summed E-state index contributed by atoms with van der Waals surface area (Å²) in [6.07, 6.45) is 3.86. The zero-order valence-corrected chi connectivity index (χ0v) is 18.9. The van der Waals surface area contributed by atoms with E-state index in [-0.39, 0.29) is 5.91 Å². The van der Waals surface area contributed by atoms with Crippen LogP contribution in [0.15, 0.2) is 60.8 Å². The molecule has 2 aromatic carbocycles. The monoisotopic (exact) mass is 454 g/mol. The van der Waals surface area contributed by atoms with Crippen LogP contribution in [0.5, 0.6) is 11.5 Å². The third-order valence-electron chi connectivity index (χ3n) is 4.91. The van der Waals surface area contributed by atoms with Crippen LogP contribution in [0.1, 0.15) is 23.2 Å². The van der Waals surface area contributed by atoms with Crippen LogP contribution >= 0.6 is 11.6 Å². The van der Waals surface area contributed by atoms with Crippen LogP contribution in [0.4, 0.5) is 17.2 Å². The molecule has 0 atom stereocenters. The van der Waals surface area contributed by atoms with Crippen LogP contribution in [0.25, 0.3) is 0 Å². The minimum Gasteiger partial charge on any atom is -0.497 e. The van der Waals surface area contributed by atoms with Crippen molar-refractivity contribution in [2.45, 2.75) is 12.8 Å². The molecule has 0 bridgehead atoms. The van der Waals surface area contributed by atoms with E-state index in [0.29, 0.717) is 22.0 Å². The molecule has 3 N–H and O–H groups in total. The van der Waals surface area contributed by atoms with E-state index < -0.39 is 0 Å². The molecule has 1 saturated heterocycles. The lowest BCUT2D eigenvalue weighted by Crippen LogP contribution is -2.20. The fourth-order valence-electron chi connectivity index (χ4n) is 3.26. The van der Waals surface area contributed by atoms with Crippen molar-refractivity contribution < 1.29 is 14.3 Å². The molecule has 0 radical (unpaired) electrons. The molecule has 0 saturated carbocycles. The van der Waals surface area contributed by atoms with E-state index in [1.165, 1.54) is 0 Å². The van der Waals surface area contributed by atoms with Gasteiger partial charge in [0.25, 0.3) is 5.91 Å². The first-order valence-corrected chi connectivity index (χ1v) is 10.6. The van der Waals surface area contributed by atoms with Gasteiger partial charge in [0.15, 0.2) is 0 Å². The molecular weight excluding hydrogens is 428 g/mol. The molecule has 1 amide bonds. The molecule has 0 unspecified atom stereocenters. The lowest BCUT2D eigenvalue weighted by Gasteiger charge is -2.18. The van der Waals surface area contributed by atoms with E-state index >= 15 is 0 Å². The number of carbonyl (C=O) groups excluding carboxylic acids is 1. The summed E-state index contributed by atoms with van der Waals surface area (Å²) in [4.78, 5) is 18.8. The first kappa shape index (κ1) is 23.2. The summed E-state index contributed by atoms with van der Waals surface area (Å²) in [5.74, 6) is 1.99. The Kier molecular flexibility index (Phi) is 8.16. The van der Waals surface area contributed by atoms with Gasteiger partial charge >= 0.3 is 0 Å². The summed E-state index contributed by atoms with van der Waals surface area (Å²) in [6.45, 7) is 1.92. The maximum absolute atomic E-state index is 12.3. The number of benzene rings is 2. The number of nitrogens with zero attached hydrogens (tertiary/aromatic N) is 2. The summed E-state index contributed by atoms with van der Waals surface area (Å²) in [5, 5.41) is 3.32. The SMILES string of the molecule is COc1cccc(N)c1.COc1cccc(NC(=O)c2cnc(N3CCCC3)c(Cl)c2)c1. The number of nitrogens with two attached hydrogens (primary N) is 1. The number of nitrogen functional groups attached to an aromatic ring is 1. The normalized spacial score (nSPS) is 12.5.